The summed E-state index contributed by atoms with van der Waals surface area (Å²) in [5.74, 6) is 0.134. The van der Waals surface area contributed by atoms with Gasteiger partial charge in [-0.25, -0.2) is 0 Å². The molecule has 1 aliphatic rings. The number of amides is 2. The number of piperidine rings is 1. The van der Waals surface area contributed by atoms with Crippen LogP contribution in [0.2, 0.25) is 0 Å². The van der Waals surface area contributed by atoms with Gasteiger partial charge in [-0.05, 0) is 45.5 Å². The van der Waals surface area contributed by atoms with Crippen molar-refractivity contribution in [3.63, 3.8) is 0 Å². The highest BCUT2D eigenvalue weighted by molar-refractivity contribution is 6.04. The molecule has 0 radical (unpaired) electrons. The minimum atomic E-state index is -0.319. The van der Waals surface area contributed by atoms with Crippen LogP contribution in [-0.2, 0) is 9.59 Å². The Morgan fingerprint density at radius 3 is 2.80 bits per heavy atom. The van der Waals surface area contributed by atoms with Crippen molar-refractivity contribution in [3.8, 4) is 5.75 Å². The smallest absolute Gasteiger partial charge is 0.233 e. The van der Waals surface area contributed by atoms with Gasteiger partial charge in [-0.3, -0.25) is 9.59 Å². The van der Waals surface area contributed by atoms with Crippen LogP contribution in [0.5, 0.6) is 5.75 Å². The molecule has 1 heterocycles. The maximum Gasteiger partial charge on any atom is 0.233 e. The lowest BCUT2D eigenvalue weighted by Crippen LogP contribution is -2.45. The fourth-order valence-corrected chi connectivity index (χ4v) is 3.11. The molecular formula is C19H29N3O3. The maximum absolute atomic E-state index is 12.3. The van der Waals surface area contributed by atoms with Crippen molar-refractivity contribution in [3.05, 3.63) is 24.3 Å². The molecule has 0 unspecified atom stereocenters. The van der Waals surface area contributed by atoms with E-state index < -0.39 is 0 Å². The summed E-state index contributed by atoms with van der Waals surface area (Å²) in [6, 6.07) is 7.62. The largest absolute Gasteiger partial charge is 0.492 e. The molecule has 25 heavy (non-hydrogen) atoms. The number of rotatable bonds is 7. The molecule has 0 spiro atoms. The Labute approximate surface area is 150 Å². The molecule has 1 fully saturated rings. The number of hydrogen-bond donors (Lipinski definition) is 1. The van der Waals surface area contributed by atoms with Crippen molar-refractivity contribution in [1.82, 2.24) is 9.80 Å². The summed E-state index contributed by atoms with van der Waals surface area (Å²) >= 11 is 0. The molecule has 1 aliphatic heterocycles. The molecule has 6 heteroatoms. The Hall–Kier alpha value is -2.08. The van der Waals surface area contributed by atoms with E-state index in [1.807, 2.05) is 19.1 Å². The number of para-hydroxylation sites is 2. The van der Waals surface area contributed by atoms with Crippen LogP contribution in [0.3, 0.4) is 0 Å². The van der Waals surface area contributed by atoms with Crippen LogP contribution in [0.15, 0.2) is 24.3 Å². The molecular weight excluding hydrogens is 318 g/mol. The van der Waals surface area contributed by atoms with E-state index in [9.17, 15) is 9.59 Å². The third kappa shape index (κ3) is 5.74. The van der Waals surface area contributed by atoms with Gasteiger partial charge in [-0.15, -0.1) is 0 Å². The number of nitrogens with one attached hydrogen (secondary N) is 1. The Morgan fingerprint density at radius 1 is 1.32 bits per heavy atom. The maximum atomic E-state index is 12.3. The molecule has 1 N–H and O–H groups in total. The lowest BCUT2D eigenvalue weighted by Gasteiger charge is -2.35. The summed E-state index contributed by atoms with van der Waals surface area (Å²) in [4.78, 5) is 28.5. The van der Waals surface area contributed by atoms with Crippen LogP contribution in [0.1, 0.15) is 32.6 Å². The predicted molar refractivity (Wildman–Crippen MR) is 98.8 cm³/mol. The van der Waals surface area contributed by atoms with Gasteiger partial charge >= 0.3 is 0 Å². The number of ether oxygens (including phenoxy) is 1. The zero-order chi connectivity index (χ0) is 18.2. The van der Waals surface area contributed by atoms with Crippen LogP contribution < -0.4 is 10.1 Å². The van der Waals surface area contributed by atoms with Gasteiger partial charge in [0.05, 0.1) is 12.3 Å². The van der Waals surface area contributed by atoms with Crippen LogP contribution in [0.25, 0.3) is 0 Å². The molecule has 1 atom stereocenters. The quantitative estimate of drug-likeness (QED) is 0.769. The fourth-order valence-electron chi connectivity index (χ4n) is 3.11. The van der Waals surface area contributed by atoms with Gasteiger partial charge in [0, 0.05) is 19.6 Å². The van der Waals surface area contributed by atoms with Crippen LogP contribution in [-0.4, -0.2) is 61.4 Å². The van der Waals surface area contributed by atoms with Crippen LogP contribution >= 0.6 is 0 Å². The second-order valence-corrected chi connectivity index (χ2v) is 6.56. The van der Waals surface area contributed by atoms with E-state index in [0.29, 0.717) is 30.6 Å². The van der Waals surface area contributed by atoms with E-state index >= 15 is 0 Å². The van der Waals surface area contributed by atoms with E-state index in [1.165, 1.54) is 12.8 Å². The van der Waals surface area contributed by atoms with E-state index in [2.05, 4.69) is 17.3 Å². The normalized spacial score (nSPS) is 17.8. The Bertz CT molecular complexity index is 591. The number of carbonyl (C=O) groups is 2. The van der Waals surface area contributed by atoms with Crippen molar-refractivity contribution in [1.29, 1.82) is 0 Å². The Balaban J connectivity index is 1.86. The first-order valence-electron chi connectivity index (χ1n) is 8.97. The first kappa shape index (κ1) is 19.2. The number of carbonyl (C=O) groups excluding carboxylic acids is 2. The van der Waals surface area contributed by atoms with Crippen molar-refractivity contribution in [2.75, 3.05) is 39.1 Å². The molecule has 1 aromatic carbocycles. The molecule has 6 nitrogen and oxygen atoms in total. The van der Waals surface area contributed by atoms with Gasteiger partial charge in [0.2, 0.25) is 11.8 Å². The minimum absolute atomic E-state index is 0.159. The highest BCUT2D eigenvalue weighted by Crippen LogP contribution is 2.23. The second kappa shape index (κ2) is 9.42. The lowest BCUT2D eigenvalue weighted by molar-refractivity contribution is -0.134. The Kier molecular flexibility index (Phi) is 7.25. The summed E-state index contributed by atoms with van der Waals surface area (Å²) < 4.78 is 5.49. The molecule has 1 aromatic rings. The number of likely N-dealkylation sites (tertiary alicyclic amines) is 1. The summed E-state index contributed by atoms with van der Waals surface area (Å²) in [5, 5.41) is 2.77. The van der Waals surface area contributed by atoms with Crippen molar-refractivity contribution < 1.29 is 14.3 Å². The van der Waals surface area contributed by atoms with Crippen LogP contribution in [0.4, 0.5) is 5.69 Å². The molecule has 2 rings (SSSR count). The molecule has 0 saturated carbocycles. The van der Waals surface area contributed by atoms with E-state index in [1.54, 1.807) is 24.1 Å². The zero-order valence-electron chi connectivity index (χ0n) is 15.5. The second-order valence-electron chi connectivity index (χ2n) is 6.56. The number of benzene rings is 1. The molecule has 0 aliphatic carbocycles. The average molecular weight is 347 g/mol. The van der Waals surface area contributed by atoms with Crippen molar-refractivity contribution in [2.24, 2.45) is 0 Å². The number of likely N-dealkylation sites (N-methyl/N-ethyl adjacent to an activating group) is 2. The number of hydrogen-bond acceptors (Lipinski definition) is 4. The molecule has 138 valence electrons. The SMILES string of the molecule is CCOc1ccccc1NC(=O)CC(=O)N(C)C[C@@H]1CCCCN1C. The summed E-state index contributed by atoms with van der Waals surface area (Å²) in [6.07, 6.45) is 3.35. The number of anilines is 1. The predicted octanol–water partition coefficient (Wildman–Crippen LogP) is 2.36. The van der Waals surface area contributed by atoms with Gasteiger partial charge in [0.15, 0.2) is 0 Å². The molecule has 0 aromatic heterocycles. The molecule has 0 bridgehead atoms. The fraction of sp³-hybridized carbons (Fsp3) is 0.579. The minimum Gasteiger partial charge on any atom is -0.492 e. The summed E-state index contributed by atoms with van der Waals surface area (Å²) in [7, 11) is 3.87. The van der Waals surface area contributed by atoms with Crippen molar-refractivity contribution >= 4 is 17.5 Å². The van der Waals surface area contributed by atoms with Crippen molar-refractivity contribution in [2.45, 2.75) is 38.6 Å². The van der Waals surface area contributed by atoms with E-state index in [4.69, 9.17) is 4.74 Å². The van der Waals surface area contributed by atoms with Gasteiger partial charge < -0.3 is 19.9 Å². The number of nitrogens with zero attached hydrogens (tertiary/aromatic N) is 2. The highest BCUT2D eigenvalue weighted by Gasteiger charge is 2.23. The third-order valence-electron chi connectivity index (χ3n) is 4.60. The molecule has 1 saturated heterocycles. The van der Waals surface area contributed by atoms with Gasteiger partial charge in [0.1, 0.15) is 12.2 Å². The van der Waals surface area contributed by atoms with Gasteiger partial charge in [0.25, 0.3) is 0 Å². The average Bonchev–Trinajstić information content (AvgIpc) is 2.58. The van der Waals surface area contributed by atoms with E-state index in [0.717, 1.165) is 13.0 Å². The third-order valence-corrected chi connectivity index (χ3v) is 4.60. The standard InChI is InChI=1S/C19H29N3O3/c1-4-25-17-11-6-5-10-16(17)20-18(23)13-19(24)22(3)14-15-9-7-8-12-21(15)2/h5-6,10-11,15H,4,7-9,12-14H2,1-3H3,(H,20,23)/t15-/m0/s1. The van der Waals surface area contributed by atoms with Crippen LogP contribution in [0, 0.1) is 0 Å². The van der Waals surface area contributed by atoms with Gasteiger partial charge in [-0.2, -0.15) is 0 Å². The van der Waals surface area contributed by atoms with E-state index in [-0.39, 0.29) is 18.2 Å². The summed E-state index contributed by atoms with van der Waals surface area (Å²) in [6.45, 7) is 4.14. The zero-order valence-corrected chi connectivity index (χ0v) is 15.5. The Morgan fingerprint density at radius 2 is 2.08 bits per heavy atom. The summed E-state index contributed by atoms with van der Waals surface area (Å²) in [5.41, 5.74) is 0.594. The lowest BCUT2D eigenvalue weighted by atomic mass is 10.0. The first-order chi connectivity index (χ1) is 12.0. The highest BCUT2D eigenvalue weighted by atomic mass is 16.5. The monoisotopic (exact) mass is 347 g/mol. The topological polar surface area (TPSA) is 61.9 Å². The molecule has 2 amide bonds. The van der Waals surface area contributed by atoms with Gasteiger partial charge in [-0.1, -0.05) is 18.6 Å². The first-order valence-corrected chi connectivity index (χ1v) is 8.97.